The molecule has 1 aromatic rings. The summed E-state index contributed by atoms with van der Waals surface area (Å²) in [6.07, 6.45) is 0. The fourth-order valence-corrected chi connectivity index (χ4v) is 1.60. The van der Waals surface area contributed by atoms with Crippen LogP contribution in [0.4, 0.5) is 22.7 Å². The maximum atomic E-state index is 11.1. The highest BCUT2D eigenvalue weighted by molar-refractivity contribution is 5.99. The van der Waals surface area contributed by atoms with E-state index >= 15 is 0 Å². The molecular formula is C12H18N4O2. The van der Waals surface area contributed by atoms with Crippen LogP contribution in [-0.2, 0) is 9.59 Å². The van der Waals surface area contributed by atoms with Gasteiger partial charge in [0.1, 0.15) is 0 Å². The third-order valence-corrected chi connectivity index (χ3v) is 2.32. The van der Waals surface area contributed by atoms with Crippen LogP contribution in [0.5, 0.6) is 0 Å². The van der Waals surface area contributed by atoms with Crippen LogP contribution in [0.2, 0.25) is 0 Å². The molecule has 6 nitrogen and oxygen atoms in total. The first-order chi connectivity index (χ1) is 8.47. The minimum Gasteiger partial charge on any atom is -0.386 e. The van der Waals surface area contributed by atoms with E-state index in [2.05, 4.69) is 21.3 Å². The van der Waals surface area contributed by atoms with Crippen LogP contribution in [0.1, 0.15) is 13.8 Å². The van der Waals surface area contributed by atoms with Crippen molar-refractivity contribution in [1.29, 1.82) is 0 Å². The van der Waals surface area contributed by atoms with E-state index in [-0.39, 0.29) is 11.8 Å². The van der Waals surface area contributed by atoms with Crippen LogP contribution in [0.15, 0.2) is 12.1 Å². The quantitative estimate of drug-likeness (QED) is 0.655. The van der Waals surface area contributed by atoms with Crippen LogP contribution < -0.4 is 21.3 Å². The van der Waals surface area contributed by atoms with E-state index < -0.39 is 0 Å². The van der Waals surface area contributed by atoms with E-state index in [1.54, 1.807) is 20.2 Å². The largest absolute Gasteiger partial charge is 0.386 e. The maximum absolute atomic E-state index is 11.1. The van der Waals surface area contributed by atoms with E-state index in [0.717, 1.165) is 11.4 Å². The molecule has 0 fully saturated rings. The average molecular weight is 250 g/mol. The zero-order chi connectivity index (χ0) is 13.7. The predicted octanol–water partition coefficient (Wildman–Crippen LogP) is 1.69. The summed E-state index contributed by atoms with van der Waals surface area (Å²) in [4.78, 5) is 22.3. The van der Waals surface area contributed by atoms with Gasteiger partial charge in [0.05, 0.1) is 22.7 Å². The van der Waals surface area contributed by atoms with Crippen molar-refractivity contribution in [1.82, 2.24) is 0 Å². The molecule has 0 aliphatic carbocycles. The molecule has 0 saturated heterocycles. The summed E-state index contributed by atoms with van der Waals surface area (Å²) in [5, 5.41) is 11.4. The number of hydrogen-bond acceptors (Lipinski definition) is 4. The first-order valence-corrected chi connectivity index (χ1v) is 5.56. The lowest BCUT2D eigenvalue weighted by molar-refractivity contribution is -0.115. The topological polar surface area (TPSA) is 82.3 Å². The number of anilines is 4. The Balaban J connectivity index is 3.23. The second-order valence-corrected chi connectivity index (χ2v) is 3.81. The van der Waals surface area contributed by atoms with Crippen LogP contribution in [0.25, 0.3) is 0 Å². The minimum atomic E-state index is -0.169. The van der Waals surface area contributed by atoms with Crippen molar-refractivity contribution < 1.29 is 9.59 Å². The summed E-state index contributed by atoms with van der Waals surface area (Å²) in [6.45, 7) is 2.87. The molecule has 0 bridgehead atoms. The van der Waals surface area contributed by atoms with Crippen LogP contribution in [-0.4, -0.2) is 25.9 Å². The van der Waals surface area contributed by atoms with Gasteiger partial charge in [-0.1, -0.05) is 0 Å². The van der Waals surface area contributed by atoms with Crippen LogP contribution >= 0.6 is 0 Å². The third-order valence-electron chi connectivity index (χ3n) is 2.32. The van der Waals surface area contributed by atoms with Gasteiger partial charge in [-0.05, 0) is 12.1 Å². The van der Waals surface area contributed by atoms with Crippen molar-refractivity contribution >= 4 is 34.6 Å². The molecule has 0 aliphatic heterocycles. The number of carbonyl (C=O) groups is 2. The first-order valence-electron chi connectivity index (χ1n) is 5.56. The number of nitrogens with one attached hydrogen (secondary N) is 4. The molecule has 0 aliphatic rings. The molecular weight excluding hydrogens is 232 g/mol. The SMILES string of the molecule is CNc1cc(NC)c(NC(C)=O)cc1NC(C)=O. The molecule has 0 aromatic heterocycles. The molecule has 6 heteroatoms. The molecule has 4 N–H and O–H groups in total. The highest BCUT2D eigenvalue weighted by atomic mass is 16.2. The van der Waals surface area contributed by atoms with E-state index in [9.17, 15) is 9.59 Å². The van der Waals surface area contributed by atoms with Gasteiger partial charge in [-0.25, -0.2) is 0 Å². The predicted molar refractivity (Wildman–Crippen MR) is 74.1 cm³/mol. The van der Waals surface area contributed by atoms with Crippen molar-refractivity contribution in [2.24, 2.45) is 0 Å². The summed E-state index contributed by atoms with van der Waals surface area (Å²) in [5.41, 5.74) is 2.77. The lowest BCUT2D eigenvalue weighted by atomic mass is 10.2. The van der Waals surface area contributed by atoms with Crippen LogP contribution in [0.3, 0.4) is 0 Å². The van der Waals surface area contributed by atoms with Crippen molar-refractivity contribution in [2.75, 3.05) is 35.4 Å². The van der Waals surface area contributed by atoms with Gasteiger partial charge in [0.25, 0.3) is 0 Å². The van der Waals surface area contributed by atoms with E-state index in [1.165, 1.54) is 13.8 Å². The zero-order valence-electron chi connectivity index (χ0n) is 11.0. The lowest BCUT2D eigenvalue weighted by Gasteiger charge is -2.16. The van der Waals surface area contributed by atoms with E-state index in [1.807, 2.05) is 6.07 Å². The van der Waals surface area contributed by atoms with E-state index in [0.29, 0.717) is 11.4 Å². The summed E-state index contributed by atoms with van der Waals surface area (Å²) in [6, 6.07) is 3.52. The van der Waals surface area contributed by atoms with Crippen molar-refractivity contribution in [3.05, 3.63) is 12.1 Å². The van der Waals surface area contributed by atoms with Gasteiger partial charge in [0, 0.05) is 27.9 Å². The Morgan fingerprint density at radius 3 is 1.39 bits per heavy atom. The Bertz CT molecular complexity index is 432. The fraction of sp³-hybridized carbons (Fsp3) is 0.333. The minimum absolute atomic E-state index is 0.169. The lowest BCUT2D eigenvalue weighted by Crippen LogP contribution is -2.12. The summed E-state index contributed by atoms with van der Waals surface area (Å²) < 4.78 is 0. The van der Waals surface area contributed by atoms with Gasteiger partial charge in [-0.3, -0.25) is 9.59 Å². The molecule has 0 saturated carbocycles. The number of benzene rings is 1. The normalized spacial score (nSPS) is 9.56. The molecule has 1 aromatic carbocycles. The monoisotopic (exact) mass is 250 g/mol. The molecule has 0 atom stereocenters. The molecule has 0 spiro atoms. The fourth-order valence-electron chi connectivity index (χ4n) is 1.60. The molecule has 1 rings (SSSR count). The number of carbonyl (C=O) groups excluding carboxylic acids is 2. The summed E-state index contributed by atoms with van der Waals surface area (Å²) >= 11 is 0. The summed E-state index contributed by atoms with van der Waals surface area (Å²) in [5.74, 6) is -0.338. The van der Waals surface area contributed by atoms with Gasteiger partial charge >= 0.3 is 0 Å². The molecule has 18 heavy (non-hydrogen) atoms. The molecule has 2 amide bonds. The molecule has 0 unspecified atom stereocenters. The van der Waals surface area contributed by atoms with Gasteiger partial charge in [0.2, 0.25) is 11.8 Å². The average Bonchev–Trinajstić information content (AvgIpc) is 2.28. The second-order valence-electron chi connectivity index (χ2n) is 3.81. The highest BCUT2D eigenvalue weighted by Crippen LogP contribution is 2.32. The first kappa shape index (κ1) is 13.8. The third kappa shape index (κ3) is 3.38. The smallest absolute Gasteiger partial charge is 0.221 e. The number of amides is 2. The second kappa shape index (κ2) is 5.90. The van der Waals surface area contributed by atoms with Crippen molar-refractivity contribution in [3.8, 4) is 0 Å². The Hall–Kier alpha value is -2.24. The Labute approximate surface area is 106 Å². The standard InChI is InChI=1S/C12H18N4O2/c1-7(17)15-11-6-12(16-8(2)18)10(14-4)5-9(11)13-3/h5-6,13-14H,1-4H3,(H,15,17)(H,16,18). The number of rotatable bonds is 4. The number of hydrogen-bond donors (Lipinski definition) is 4. The van der Waals surface area contributed by atoms with Crippen LogP contribution in [0, 0.1) is 0 Å². The molecule has 98 valence electrons. The van der Waals surface area contributed by atoms with E-state index in [4.69, 9.17) is 0 Å². The van der Waals surface area contributed by atoms with Gasteiger partial charge in [-0.15, -0.1) is 0 Å². The Kier molecular flexibility index (Phi) is 4.53. The Morgan fingerprint density at radius 2 is 1.11 bits per heavy atom. The zero-order valence-corrected chi connectivity index (χ0v) is 11.0. The van der Waals surface area contributed by atoms with Crippen molar-refractivity contribution in [2.45, 2.75) is 13.8 Å². The highest BCUT2D eigenvalue weighted by Gasteiger charge is 2.10. The van der Waals surface area contributed by atoms with Gasteiger partial charge < -0.3 is 21.3 Å². The molecule has 0 radical (unpaired) electrons. The molecule has 0 heterocycles. The van der Waals surface area contributed by atoms with Gasteiger partial charge in [-0.2, -0.15) is 0 Å². The maximum Gasteiger partial charge on any atom is 0.221 e. The van der Waals surface area contributed by atoms with Gasteiger partial charge in [0.15, 0.2) is 0 Å². The van der Waals surface area contributed by atoms with Crippen molar-refractivity contribution in [3.63, 3.8) is 0 Å². The Morgan fingerprint density at radius 1 is 0.778 bits per heavy atom. The summed E-state index contributed by atoms with van der Waals surface area (Å²) in [7, 11) is 3.52.